The molecule has 6 heteroatoms. The van der Waals surface area contributed by atoms with Gasteiger partial charge in [-0.25, -0.2) is 8.78 Å². The van der Waals surface area contributed by atoms with Crippen molar-refractivity contribution < 1.29 is 28.2 Å². The van der Waals surface area contributed by atoms with Crippen LogP contribution in [0.15, 0.2) is 0 Å². The fourth-order valence-electron chi connectivity index (χ4n) is 1.37. The van der Waals surface area contributed by atoms with Crippen LogP contribution < -0.4 is 0 Å². The first kappa shape index (κ1) is 12.4. The third kappa shape index (κ3) is 1.70. The molecule has 1 rings (SSSR count). The second-order valence-electron chi connectivity index (χ2n) is 3.09. The van der Waals surface area contributed by atoms with E-state index in [0.29, 0.717) is 0 Å². The number of phenols is 2. The molecular weight excluding hydrogens is 225 g/mol. The molecule has 0 radical (unpaired) electrons. The van der Waals surface area contributed by atoms with E-state index in [0.717, 1.165) is 0 Å². The summed E-state index contributed by atoms with van der Waals surface area (Å²) in [6.45, 7) is -0.104. The molecule has 0 aliphatic carbocycles. The van der Waals surface area contributed by atoms with Crippen molar-refractivity contribution in [2.24, 2.45) is 0 Å². The number of benzene rings is 1. The second-order valence-corrected chi connectivity index (χ2v) is 3.09. The van der Waals surface area contributed by atoms with E-state index in [-0.39, 0.29) is 12.0 Å². The first-order valence-electron chi connectivity index (χ1n) is 4.46. The molecule has 0 fully saturated rings. The fraction of sp³-hybridized carbons (Fsp3) is 0.300. The molecule has 0 aromatic heterocycles. The van der Waals surface area contributed by atoms with E-state index >= 15 is 0 Å². The lowest BCUT2D eigenvalue weighted by Gasteiger charge is -2.11. The Morgan fingerprint density at radius 2 is 1.75 bits per heavy atom. The minimum Gasteiger partial charge on any atom is -0.507 e. The Bertz CT molecular complexity index is 444. The summed E-state index contributed by atoms with van der Waals surface area (Å²) in [5, 5.41) is 18.6. The highest BCUT2D eigenvalue weighted by Gasteiger charge is 2.27. The standard InChI is InChI=1S/C10H9F3O3/c1-2-4-9(15)6(5(14)3-11)7(12)8(13)10(4)16/h15-16H,2-3H2,1H3. The number of rotatable bonds is 3. The van der Waals surface area contributed by atoms with Gasteiger partial charge in [0.2, 0.25) is 11.6 Å². The summed E-state index contributed by atoms with van der Waals surface area (Å²) in [4.78, 5) is 11.0. The zero-order valence-electron chi connectivity index (χ0n) is 8.35. The number of carbonyl (C=O) groups excluding carboxylic acids is 1. The van der Waals surface area contributed by atoms with Gasteiger partial charge in [0.05, 0.1) is 0 Å². The molecule has 0 aliphatic rings. The van der Waals surface area contributed by atoms with Gasteiger partial charge in [0.1, 0.15) is 11.3 Å². The predicted molar refractivity (Wildman–Crippen MR) is 49.4 cm³/mol. The van der Waals surface area contributed by atoms with Crippen LogP contribution in [0.5, 0.6) is 11.5 Å². The van der Waals surface area contributed by atoms with Gasteiger partial charge in [0, 0.05) is 5.56 Å². The minimum atomic E-state index is -1.74. The Kier molecular flexibility index (Phi) is 3.41. The van der Waals surface area contributed by atoms with Crippen molar-refractivity contribution in [3.8, 4) is 11.5 Å². The lowest BCUT2D eigenvalue weighted by molar-refractivity contribution is 0.0950. The number of phenolic OH excluding ortho intramolecular Hbond substituents is 2. The largest absolute Gasteiger partial charge is 0.507 e. The van der Waals surface area contributed by atoms with Gasteiger partial charge in [-0.3, -0.25) is 4.79 Å². The van der Waals surface area contributed by atoms with Crippen LogP contribution in [0.3, 0.4) is 0 Å². The zero-order chi connectivity index (χ0) is 12.5. The first-order chi connectivity index (χ1) is 7.45. The third-order valence-electron chi connectivity index (χ3n) is 2.18. The Balaban J connectivity index is 3.62. The molecule has 0 unspecified atom stereocenters. The number of halogens is 3. The van der Waals surface area contributed by atoms with Crippen LogP contribution in [-0.4, -0.2) is 22.7 Å². The zero-order valence-corrected chi connectivity index (χ0v) is 8.35. The quantitative estimate of drug-likeness (QED) is 0.787. The van der Waals surface area contributed by atoms with E-state index in [2.05, 4.69) is 0 Å². The molecule has 0 aliphatic heterocycles. The van der Waals surface area contributed by atoms with E-state index in [1.165, 1.54) is 6.92 Å². The van der Waals surface area contributed by atoms with Gasteiger partial charge in [-0.05, 0) is 6.42 Å². The minimum absolute atomic E-state index is 0.0264. The van der Waals surface area contributed by atoms with Crippen molar-refractivity contribution in [3.63, 3.8) is 0 Å². The smallest absolute Gasteiger partial charge is 0.201 e. The summed E-state index contributed by atoms with van der Waals surface area (Å²) in [5.74, 6) is -6.75. The number of Topliss-reactive ketones (excluding diaryl/α,β-unsaturated/α-hetero) is 1. The maximum atomic E-state index is 13.2. The molecule has 0 saturated carbocycles. The molecule has 88 valence electrons. The Labute approximate surface area is 89.1 Å². The molecule has 3 nitrogen and oxygen atoms in total. The lowest BCUT2D eigenvalue weighted by atomic mass is 10.0. The molecule has 0 bridgehead atoms. The molecule has 2 N–H and O–H groups in total. The van der Waals surface area contributed by atoms with Gasteiger partial charge >= 0.3 is 0 Å². The molecule has 16 heavy (non-hydrogen) atoms. The van der Waals surface area contributed by atoms with Crippen molar-refractivity contribution in [3.05, 3.63) is 22.8 Å². The Hall–Kier alpha value is -1.72. The summed E-state index contributed by atoms with van der Waals surface area (Å²) in [6.07, 6.45) is -0.0264. The van der Waals surface area contributed by atoms with Crippen molar-refractivity contribution in [2.75, 3.05) is 6.67 Å². The molecule has 0 amide bonds. The highest BCUT2D eigenvalue weighted by molar-refractivity contribution is 6.00. The van der Waals surface area contributed by atoms with Gasteiger partial charge in [0.15, 0.2) is 18.2 Å². The average molecular weight is 234 g/mol. The highest BCUT2D eigenvalue weighted by Crippen LogP contribution is 2.36. The van der Waals surface area contributed by atoms with Crippen molar-refractivity contribution in [1.29, 1.82) is 0 Å². The average Bonchev–Trinajstić information content (AvgIpc) is 2.27. The third-order valence-corrected chi connectivity index (χ3v) is 2.18. The van der Waals surface area contributed by atoms with Crippen molar-refractivity contribution in [1.82, 2.24) is 0 Å². The van der Waals surface area contributed by atoms with E-state index in [1.807, 2.05) is 0 Å². The first-order valence-corrected chi connectivity index (χ1v) is 4.46. The van der Waals surface area contributed by atoms with Crippen molar-refractivity contribution >= 4 is 5.78 Å². The normalized spacial score (nSPS) is 10.5. The van der Waals surface area contributed by atoms with Crippen LogP contribution in [0.25, 0.3) is 0 Å². The van der Waals surface area contributed by atoms with Gasteiger partial charge in [-0.1, -0.05) is 6.92 Å². The molecule has 1 aromatic rings. The molecule has 0 spiro atoms. The lowest BCUT2D eigenvalue weighted by Crippen LogP contribution is -2.09. The van der Waals surface area contributed by atoms with Gasteiger partial charge in [-0.2, -0.15) is 4.39 Å². The van der Waals surface area contributed by atoms with Crippen LogP contribution in [0.4, 0.5) is 13.2 Å². The maximum absolute atomic E-state index is 13.2. The van der Waals surface area contributed by atoms with Crippen LogP contribution in [0, 0.1) is 11.6 Å². The monoisotopic (exact) mass is 234 g/mol. The second kappa shape index (κ2) is 4.42. The summed E-state index contributed by atoms with van der Waals surface area (Å²) < 4.78 is 38.4. The van der Waals surface area contributed by atoms with E-state index < -0.39 is 41.2 Å². The van der Waals surface area contributed by atoms with E-state index in [4.69, 9.17) is 5.11 Å². The molecular formula is C10H9F3O3. The van der Waals surface area contributed by atoms with Crippen molar-refractivity contribution in [2.45, 2.75) is 13.3 Å². The van der Waals surface area contributed by atoms with Crippen LogP contribution in [-0.2, 0) is 6.42 Å². The SMILES string of the molecule is CCc1c(O)c(F)c(F)c(C(=O)CF)c1O. The Morgan fingerprint density at radius 3 is 2.19 bits per heavy atom. The fourth-order valence-corrected chi connectivity index (χ4v) is 1.37. The summed E-state index contributed by atoms with van der Waals surface area (Å²) in [5.41, 5.74) is -1.38. The number of hydrogen-bond acceptors (Lipinski definition) is 3. The maximum Gasteiger partial charge on any atom is 0.201 e. The van der Waals surface area contributed by atoms with Gasteiger partial charge in [0.25, 0.3) is 0 Å². The van der Waals surface area contributed by atoms with Crippen LogP contribution >= 0.6 is 0 Å². The van der Waals surface area contributed by atoms with Gasteiger partial charge < -0.3 is 10.2 Å². The topological polar surface area (TPSA) is 57.5 Å². The predicted octanol–water partition coefficient (Wildman–Crippen LogP) is 2.09. The molecule has 0 saturated heterocycles. The summed E-state index contributed by atoms with van der Waals surface area (Å²) >= 11 is 0. The van der Waals surface area contributed by atoms with E-state index in [9.17, 15) is 23.1 Å². The summed E-state index contributed by atoms with van der Waals surface area (Å²) in [6, 6.07) is 0. The number of hydrogen-bond donors (Lipinski definition) is 2. The van der Waals surface area contributed by atoms with E-state index in [1.54, 1.807) is 0 Å². The van der Waals surface area contributed by atoms with Crippen LogP contribution in [0.1, 0.15) is 22.8 Å². The molecule has 0 atom stereocenters. The summed E-state index contributed by atoms with van der Waals surface area (Å²) in [7, 11) is 0. The van der Waals surface area contributed by atoms with Gasteiger partial charge in [-0.15, -0.1) is 0 Å². The molecule has 1 aromatic carbocycles. The number of aromatic hydroxyl groups is 2. The molecule has 0 heterocycles. The number of alkyl halides is 1. The highest BCUT2D eigenvalue weighted by atomic mass is 19.2. The Morgan fingerprint density at radius 1 is 1.19 bits per heavy atom. The van der Waals surface area contributed by atoms with Crippen LogP contribution in [0.2, 0.25) is 0 Å². The number of ketones is 1. The number of carbonyl (C=O) groups is 1.